The molecule has 0 saturated carbocycles. The van der Waals surface area contributed by atoms with E-state index in [2.05, 4.69) is 0 Å². The first-order valence-corrected chi connectivity index (χ1v) is 7.77. The van der Waals surface area contributed by atoms with Gasteiger partial charge in [-0.05, 0) is 25.8 Å². The molecule has 0 amide bonds. The second-order valence-electron chi connectivity index (χ2n) is 3.44. The molecule has 122 valence electrons. The molecule has 0 aliphatic carbocycles. The Hall–Kier alpha value is 1.10. The SMILES string of the molecule is NCCCCCC(O)(P(=O)([O-])O)P(=O)(O)O.O.O.O.[Na+]. The fraction of sp³-hybridized carbons (Fsp3) is 1.00. The molecule has 0 radical (unpaired) electrons. The van der Waals surface area contributed by atoms with Crippen LogP contribution in [0, 0.1) is 0 Å². The van der Waals surface area contributed by atoms with Crippen molar-refractivity contribution < 1.29 is 79.8 Å². The van der Waals surface area contributed by atoms with Crippen molar-refractivity contribution >= 4 is 15.2 Å². The third kappa shape index (κ3) is 9.19. The molecule has 2 unspecified atom stereocenters. The zero-order valence-electron chi connectivity index (χ0n) is 11.0. The molecule has 0 rings (SSSR count). The number of rotatable bonds is 7. The minimum Gasteiger partial charge on any atom is -0.776 e. The van der Waals surface area contributed by atoms with Crippen LogP contribution in [0.1, 0.15) is 25.7 Å². The van der Waals surface area contributed by atoms with Gasteiger partial charge in [-0.2, -0.15) is 0 Å². The van der Waals surface area contributed by atoms with Crippen molar-refractivity contribution in [1.82, 2.24) is 0 Å². The van der Waals surface area contributed by atoms with Crippen molar-refractivity contribution in [3.8, 4) is 0 Å². The zero-order chi connectivity index (χ0) is 13.0. The minimum atomic E-state index is -5.55. The number of hydrogen-bond acceptors (Lipinski definition) is 5. The molecular formula is C6H22NNaO10P2. The number of unbranched alkanes of at least 4 members (excludes halogenated alkanes) is 2. The van der Waals surface area contributed by atoms with E-state index in [0.717, 1.165) is 0 Å². The topological polar surface area (TPSA) is 259 Å². The van der Waals surface area contributed by atoms with Gasteiger partial charge < -0.3 is 51.4 Å². The molecule has 0 bridgehead atoms. The standard InChI is InChI=1S/C6H17NO7P2.Na.3H2O/c7-5-3-1-2-4-6(8,15(9,10)11)16(12,13)14;;;;/h8H,1-5,7H2,(H2,9,10,11)(H2,12,13,14);;3*1H2/q;+1;;;/p-1. The minimum absolute atomic E-state index is 0. The van der Waals surface area contributed by atoms with Crippen LogP contribution in [-0.4, -0.2) is 47.8 Å². The molecule has 0 aromatic carbocycles. The van der Waals surface area contributed by atoms with Crippen molar-refractivity contribution in [2.45, 2.75) is 30.8 Å². The maximum absolute atomic E-state index is 10.9. The van der Waals surface area contributed by atoms with Gasteiger partial charge in [0.25, 0.3) is 0 Å². The summed E-state index contributed by atoms with van der Waals surface area (Å²) in [6, 6.07) is 0. The zero-order valence-corrected chi connectivity index (χ0v) is 14.8. The van der Waals surface area contributed by atoms with Gasteiger partial charge in [-0.25, -0.2) is 0 Å². The molecule has 20 heavy (non-hydrogen) atoms. The maximum Gasteiger partial charge on any atom is 1.00 e. The second-order valence-corrected chi connectivity index (χ2v) is 7.40. The van der Waals surface area contributed by atoms with Gasteiger partial charge in [0.1, 0.15) is 0 Å². The van der Waals surface area contributed by atoms with Crippen LogP contribution in [0.25, 0.3) is 0 Å². The first-order chi connectivity index (χ1) is 7.06. The van der Waals surface area contributed by atoms with Crippen molar-refractivity contribution in [1.29, 1.82) is 0 Å². The summed E-state index contributed by atoms with van der Waals surface area (Å²) < 4.78 is 21.6. The summed E-state index contributed by atoms with van der Waals surface area (Å²) in [4.78, 5) is 36.9. The van der Waals surface area contributed by atoms with E-state index in [0.29, 0.717) is 19.4 Å². The molecule has 0 aromatic heterocycles. The Bertz CT molecular complexity index is 295. The second kappa shape index (κ2) is 12.6. The van der Waals surface area contributed by atoms with Gasteiger partial charge in [-0.1, -0.05) is 6.42 Å². The Balaban J connectivity index is -0.000000187. The number of hydrogen-bond donors (Lipinski definition) is 5. The average molecular weight is 353 g/mol. The summed E-state index contributed by atoms with van der Waals surface area (Å²) in [7, 11) is -10.9. The average Bonchev–Trinajstić information content (AvgIpc) is 2.08. The molecule has 11 nitrogen and oxygen atoms in total. The molecule has 0 spiro atoms. The molecule has 0 heterocycles. The Morgan fingerprint density at radius 3 is 1.65 bits per heavy atom. The number of aliphatic hydroxyl groups is 1. The fourth-order valence-corrected chi connectivity index (χ4v) is 3.34. The van der Waals surface area contributed by atoms with Gasteiger partial charge in [0.2, 0.25) is 5.08 Å². The van der Waals surface area contributed by atoms with Crippen LogP contribution in [0.3, 0.4) is 0 Å². The van der Waals surface area contributed by atoms with Crippen LogP contribution in [0.2, 0.25) is 0 Å². The summed E-state index contributed by atoms with van der Waals surface area (Å²) in [5, 5.41) is 5.97. The van der Waals surface area contributed by atoms with Gasteiger partial charge >= 0.3 is 37.2 Å². The van der Waals surface area contributed by atoms with Gasteiger partial charge in [0.05, 0.1) is 0 Å². The van der Waals surface area contributed by atoms with Crippen LogP contribution >= 0.6 is 15.2 Å². The van der Waals surface area contributed by atoms with Gasteiger partial charge in [0, 0.05) is 0 Å². The van der Waals surface area contributed by atoms with Crippen molar-refractivity contribution in [3.63, 3.8) is 0 Å². The molecular weight excluding hydrogens is 331 g/mol. The summed E-state index contributed by atoms with van der Waals surface area (Å²) >= 11 is 0. The predicted octanol–water partition coefficient (Wildman–Crippen LogP) is -6.60. The van der Waals surface area contributed by atoms with Crippen LogP contribution in [0.5, 0.6) is 0 Å². The van der Waals surface area contributed by atoms with Crippen molar-refractivity contribution in [3.05, 3.63) is 0 Å². The van der Waals surface area contributed by atoms with Crippen LogP contribution in [0.4, 0.5) is 0 Å². The van der Waals surface area contributed by atoms with Crippen LogP contribution in [0.15, 0.2) is 0 Å². The van der Waals surface area contributed by atoms with Gasteiger partial charge in [-0.15, -0.1) is 0 Å². The number of nitrogens with two attached hydrogens (primary N) is 1. The third-order valence-corrected chi connectivity index (χ3v) is 5.96. The summed E-state index contributed by atoms with van der Waals surface area (Å²) in [5.74, 6) is 0. The van der Waals surface area contributed by atoms with E-state index in [1.54, 1.807) is 0 Å². The van der Waals surface area contributed by atoms with Gasteiger partial charge in [-0.3, -0.25) is 4.57 Å². The predicted molar refractivity (Wildman–Crippen MR) is 65.2 cm³/mol. The van der Waals surface area contributed by atoms with Gasteiger partial charge in [0.15, 0.2) is 7.60 Å². The first kappa shape index (κ1) is 32.9. The van der Waals surface area contributed by atoms with E-state index < -0.39 is 26.7 Å². The molecule has 14 heteroatoms. The molecule has 12 N–H and O–H groups in total. The van der Waals surface area contributed by atoms with Crippen molar-refractivity contribution in [2.24, 2.45) is 5.73 Å². The molecule has 0 aromatic rings. The Labute approximate surface area is 138 Å². The molecule has 2 atom stereocenters. The summed E-state index contributed by atoms with van der Waals surface area (Å²) in [6.07, 6.45) is 0.241. The molecule has 0 aliphatic rings. The van der Waals surface area contributed by atoms with E-state index in [4.69, 9.17) is 20.4 Å². The summed E-state index contributed by atoms with van der Waals surface area (Å²) in [5.41, 5.74) is 5.17. The third-order valence-electron chi connectivity index (χ3n) is 2.14. The van der Waals surface area contributed by atoms with E-state index in [1.807, 2.05) is 0 Å². The monoisotopic (exact) mass is 353 g/mol. The first-order valence-electron chi connectivity index (χ1n) is 4.58. The van der Waals surface area contributed by atoms with Crippen LogP contribution in [-0.2, 0) is 9.13 Å². The normalized spacial score (nSPS) is 16.1. The quantitative estimate of drug-likeness (QED) is 0.166. The summed E-state index contributed by atoms with van der Waals surface area (Å²) in [6.45, 7) is 0.350. The Morgan fingerprint density at radius 1 is 1.00 bits per heavy atom. The van der Waals surface area contributed by atoms with E-state index in [9.17, 15) is 19.1 Å². The van der Waals surface area contributed by atoms with E-state index in [-0.39, 0.29) is 52.4 Å². The Kier molecular flexibility index (Phi) is 20.8. The smallest absolute Gasteiger partial charge is 0.776 e. The Morgan fingerprint density at radius 2 is 1.40 bits per heavy atom. The maximum atomic E-state index is 10.9. The van der Waals surface area contributed by atoms with E-state index >= 15 is 0 Å². The van der Waals surface area contributed by atoms with Crippen molar-refractivity contribution in [2.75, 3.05) is 6.54 Å². The molecule has 0 fully saturated rings. The van der Waals surface area contributed by atoms with E-state index in [1.165, 1.54) is 0 Å². The van der Waals surface area contributed by atoms with Crippen LogP contribution < -0.4 is 40.2 Å². The molecule has 0 saturated heterocycles. The molecule has 0 aliphatic heterocycles. The largest absolute Gasteiger partial charge is 1.00 e. The fourth-order valence-electron chi connectivity index (χ4n) is 1.13.